The largest absolute Gasteiger partial charge is 0.486 e. The molecule has 0 radical (unpaired) electrons. The van der Waals surface area contributed by atoms with Gasteiger partial charge in [-0.25, -0.2) is 8.42 Å². The van der Waals surface area contributed by atoms with Crippen LogP contribution in [0.4, 0.5) is 0 Å². The van der Waals surface area contributed by atoms with Crippen molar-refractivity contribution in [2.75, 3.05) is 31.7 Å². The summed E-state index contributed by atoms with van der Waals surface area (Å²) in [6, 6.07) is 3.69. The number of amides is 1. The van der Waals surface area contributed by atoms with Gasteiger partial charge in [-0.15, -0.1) is 0 Å². The number of hydrogen-bond acceptors (Lipinski definition) is 6. The number of piperidine rings is 1. The molecule has 0 N–H and O–H groups in total. The lowest BCUT2D eigenvalue weighted by Crippen LogP contribution is -2.48. The van der Waals surface area contributed by atoms with Crippen molar-refractivity contribution >= 4 is 15.7 Å². The third kappa shape index (κ3) is 4.24. The molecule has 1 aromatic rings. The van der Waals surface area contributed by atoms with Gasteiger partial charge in [-0.1, -0.05) is 0 Å². The summed E-state index contributed by atoms with van der Waals surface area (Å²) in [5, 5.41) is 0. The second-order valence-electron chi connectivity index (χ2n) is 6.58. The molecule has 0 saturated carbocycles. The fourth-order valence-electron chi connectivity index (χ4n) is 3.32. The first-order chi connectivity index (χ1) is 11.4. The van der Waals surface area contributed by atoms with Crippen LogP contribution in [0.2, 0.25) is 0 Å². The molecule has 3 rings (SSSR count). The molecule has 1 aromatic heterocycles. The van der Waals surface area contributed by atoms with Crippen molar-refractivity contribution in [2.24, 2.45) is 0 Å². The highest BCUT2D eigenvalue weighted by Gasteiger charge is 2.44. The van der Waals surface area contributed by atoms with Crippen molar-refractivity contribution in [3.63, 3.8) is 0 Å². The zero-order chi connectivity index (χ0) is 17.2. The van der Waals surface area contributed by atoms with E-state index in [1.165, 1.54) is 0 Å². The Morgan fingerprint density at radius 1 is 1.46 bits per heavy atom. The van der Waals surface area contributed by atoms with Crippen molar-refractivity contribution in [3.05, 3.63) is 24.5 Å². The summed E-state index contributed by atoms with van der Waals surface area (Å²) >= 11 is 0. The van der Waals surface area contributed by atoms with E-state index in [1.807, 2.05) is 12.1 Å². The normalized spacial score (nSPS) is 23.4. The molecule has 1 unspecified atom stereocenters. The minimum Gasteiger partial charge on any atom is -0.486 e. The fourth-order valence-corrected chi connectivity index (χ4v) is 3.95. The Hall–Kier alpha value is -1.67. The van der Waals surface area contributed by atoms with Gasteiger partial charge in [-0.2, -0.15) is 0 Å². The van der Waals surface area contributed by atoms with Gasteiger partial charge in [0.2, 0.25) is 5.91 Å². The third-order valence-electron chi connectivity index (χ3n) is 4.53. The lowest BCUT2D eigenvalue weighted by molar-refractivity contribution is -0.133. The number of carbonyl (C=O) groups is 1. The topological polar surface area (TPSA) is 85.8 Å². The molecule has 3 heterocycles. The minimum atomic E-state index is -3.29. The predicted molar refractivity (Wildman–Crippen MR) is 87.5 cm³/mol. The number of pyridine rings is 1. The molecule has 2 aliphatic rings. The van der Waals surface area contributed by atoms with Gasteiger partial charge in [-0.05, 0) is 25.0 Å². The number of likely N-dealkylation sites (tertiary alicyclic amines) is 1. The Balaban J connectivity index is 1.52. The van der Waals surface area contributed by atoms with E-state index in [2.05, 4.69) is 4.98 Å². The van der Waals surface area contributed by atoms with Gasteiger partial charge in [0.15, 0.2) is 9.84 Å². The van der Waals surface area contributed by atoms with Crippen molar-refractivity contribution in [2.45, 2.75) is 31.0 Å². The first-order valence-corrected chi connectivity index (χ1v) is 10.1. The molecule has 1 amide bonds. The maximum absolute atomic E-state index is 12.0. The Bertz CT molecular complexity index is 684. The maximum atomic E-state index is 12.0. The van der Waals surface area contributed by atoms with E-state index in [0.29, 0.717) is 32.5 Å². The number of nitrogens with zero attached hydrogens (tertiary/aromatic N) is 2. The Morgan fingerprint density at radius 2 is 2.21 bits per heavy atom. The van der Waals surface area contributed by atoms with Gasteiger partial charge in [-0.3, -0.25) is 9.78 Å². The van der Waals surface area contributed by atoms with E-state index in [0.717, 1.165) is 18.4 Å². The molecule has 1 spiro atoms. The van der Waals surface area contributed by atoms with E-state index in [4.69, 9.17) is 9.47 Å². The molecule has 132 valence electrons. The second-order valence-corrected chi connectivity index (χ2v) is 8.72. The van der Waals surface area contributed by atoms with Crippen LogP contribution < -0.4 is 4.74 Å². The second kappa shape index (κ2) is 6.68. The summed E-state index contributed by atoms with van der Waals surface area (Å²) in [7, 11) is -3.29. The summed E-state index contributed by atoms with van der Waals surface area (Å²) in [6.07, 6.45) is 6.62. The molecular weight excluding hydrogens is 332 g/mol. The highest BCUT2D eigenvalue weighted by atomic mass is 32.2. The van der Waals surface area contributed by atoms with Crippen LogP contribution in [0.15, 0.2) is 24.5 Å². The van der Waals surface area contributed by atoms with Crippen LogP contribution in [0.25, 0.3) is 0 Å². The number of hydrogen-bond donors (Lipinski definition) is 0. The predicted octanol–water partition coefficient (Wildman–Crippen LogP) is 0.655. The van der Waals surface area contributed by atoms with Gasteiger partial charge in [0.05, 0.1) is 18.4 Å². The lowest BCUT2D eigenvalue weighted by atomic mass is 9.88. The average molecular weight is 354 g/mol. The van der Waals surface area contributed by atoms with Gasteiger partial charge in [0.25, 0.3) is 0 Å². The Kier molecular flexibility index (Phi) is 4.78. The van der Waals surface area contributed by atoms with Crippen LogP contribution in [0, 0.1) is 0 Å². The summed E-state index contributed by atoms with van der Waals surface area (Å²) < 4.78 is 34.4. The van der Waals surface area contributed by atoms with Gasteiger partial charge in [0, 0.05) is 32.0 Å². The van der Waals surface area contributed by atoms with Crippen LogP contribution >= 0.6 is 0 Å². The first-order valence-electron chi connectivity index (χ1n) is 8.01. The van der Waals surface area contributed by atoms with E-state index in [9.17, 15) is 13.2 Å². The van der Waals surface area contributed by atoms with Gasteiger partial charge < -0.3 is 14.4 Å². The van der Waals surface area contributed by atoms with E-state index in [1.54, 1.807) is 17.3 Å². The van der Waals surface area contributed by atoms with E-state index < -0.39 is 15.6 Å². The SMILES string of the molecule is CS(=O)(=O)CC(=O)N1CCC2(CC1)CC(Oc1cccnc1)CO2. The van der Waals surface area contributed by atoms with Gasteiger partial charge >= 0.3 is 0 Å². The molecular formula is C16H22N2O5S. The van der Waals surface area contributed by atoms with Crippen LogP contribution in [0.3, 0.4) is 0 Å². The Morgan fingerprint density at radius 3 is 2.83 bits per heavy atom. The summed E-state index contributed by atoms with van der Waals surface area (Å²) in [5.74, 6) is -0.0226. The number of aromatic nitrogens is 1. The zero-order valence-electron chi connectivity index (χ0n) is 13.7. The lowest BCUT2D eigenvalue weighted by Gasteiger charge is -2.38. The minimum absolute atomic E-state index is 0.0209. The highest BCUT2D eigenvalue weighted by molar-refractivity contribution is 7.91. The van der Waals surface area contributed by atoms with E-state index >= 15 is 0 Å². The van der Waals surface area contributed by atoms with Crippen molar-refractivity contribution < 1.29 is 22.7 Å². The number of carbonyl (C=O) groups excluding carboxylic acids is 1. The summed E-state index contributed by atoms with van der Waals surface area (Å²) in [4.78, 5) is 17.6. The maximum Gasteiger partial charge on any atom is 0.237 e. The molecule has 0 aromatic carbocycles. The van der Waals surface area contributed by atoms with E-state index in [-0.39, 0.29) is 17.6 Å². The highest BCUT2D eigenvalue weighted by Crippen LogP contribution is 2.37. The monoisotopic (exact) mass is 354 g/mol. The molecule has 0 bridgehead atoms. The van der Waals surface area contributed by atoms with Crippen LogP contribution in [-0.4, -0.2) is 67.6 Å². The van der Waals surface area contributed by atoms with Crippen LogP contribution in [-0.2, 0) is 19.4 Å². The van der Waals surface area contributed by atoms with Crippen molar-refractivity contribution in [1.29, 1.82) is 0 Å². The molecule has 7 nitrogen and oxygen atoms in total. The van der Waals surface area contributed by atoms with Crippen LogP contribution in [0.1, 0.15) is 19.3 Å². The standard InChI is InChI=1S/C16H22N2O5S/c1-24(20,21)12-15(19)18-7-4-16(5-8-18)9-14(11-22-16)23-13-3-2-6-17-10-13/h2-3,6,10,14H,4-5,7-9,11-12H2,1H3. The average Bonchev–Trinajstić information content (AvgIpc) is 2.90. The van der Waals surface area contributed by atoms with Crippen LogP contribution in [0.5, 0.6) is 5.75 Å². The molecule has 1 atom stereocenters. The Labute approximate surface area is 141 Å². The molecule has 2 aliphatic heterocycles. The molecule has 8 heteroatoms. The zero-order valence-corrected chi connectivity index (χ0v) is 14.5. The molecule has 24 heavy (non-hydrogen) atoms. The van der Waals surface area contributed by atoms with Crippen molar-refractivity contribution in [1.82, 2.24) is 9.88 Å². The number of sulfone groups is 1. The van der Waals surface area contributed by atoms with Gasteiger partial charge in [0.1, 0.15) is 17.6 Å². The van der Waals surface area contributed by atoms with Crippen molar-refractivity contribution in [3.8, 4) is 5.75 Å². The number of ether oxygens (including phenoxy) is 2. The quantitative estimate of drug-likeness (QED) is 0.789. The fraction of sp³-hybridized carbons (Fsp3) is 0.625. The molecule has 0 aliphatic carbocycles. The summed E-state index contributed by atoms with van der Waals surface area (Å²) in [5.41, 5.74) is -0.269. The molecule has 2 fully saturated rings. The smallest absolute Gasteiger partial charge is 0.237 e. The molecule has 2 saturated heterocycles. The number of rotatable bonds is 4. The first kappa shape index (κ1) is 17.2. The third-order valence-corrected chi connectivity index (χ3v) is 5.30. The summed E-state index contributed by atoms with van der Waals surface area (Å²) in [6.45, 7) is 1.56.